The van der Waals surface area contributed by atoms with Gasteiger partial charge >= 0.3 is 0 Å². The lowest BCUT2D eigenvalue weighted by atomic mass is 9.62. The predicted octanol–water partition coefficient (Wildman–Crippen LogP) is 7.78. The molecule has 3 aromatic carbocycles. The van der Waals surface area contributed by atoms with Gasteiger partial charge in [0.15, 0.2) is 27.8 Å². The van der Waals surface area contributed by atoms with Crippen LogP contribution >= 0.6 is 44.2 Å². The molecule has 0 radical (unpaired) electrons. The van der Waals surface area contributed by atoms with E-state index >= 15 is 0 Å². The van der Waals surface area contributed by atoms with E-state index in [1.165, 1.54) is 28.8 Å². The summed E-state index contributed by atoms with van der Waals surface area (Å²) < 4.78 is 25.5. The number of nitrogens with zero attached hydrogens (tertiary/aromatic N) is 2. The summed E-state index contributed by atoms with van der Waals surface area (Å²) in [5, 5.41) is 2.34. The van der Waals surface area contributed by atoms with E-state index < -0.39 is 0 Å². The van der Waals surface area contributed by atoms with Crippen LogP contribution in [0.15, 0.2) is 75.5 Å². The number of rotatable bonds is 12. The number of aromatic nitrogens is 1. The molecule has 6 nitrogen and oxygen atoms in total. The fourth-order valence-electron chi connectivity index (χ4n) is 5.63. The molecule has 0 N–H and O–H groups in total. The molecule has 1 aliphatic carbocycles. The van der Waals surface area contributed by atoms with Crippen molar-refractivity contribution in [3.05, 3.63) is 97.7 Å². The highest BCUT2D eigenvalue weighted by molar-refractivity contribution is 9.10. The first kappa shape index (κ1) is 32.2. The van der Waals surface area contributed by atoms with E-state index in [1.807, 2.05) is 18.2 Å². The summed E-state index contributed by atoms with van der Waals surface area (Å²) in [7, 11) is 6.68. The van der Waals surface area contributed by atoms with Gasteiger partial charge in [-0.15, -0.1) is 28.3 Å². The quantitative estimate of drug-likeness (QED) is 0.150. The van der Waals surface area contributed by atoms with Crippen molar-refractivity contribution in [3.8, 4) is 23.0 Å². The molecule has 1 fully saturated rings. The summed E-state index contributed by atoms with van der Waals surface area (Å²) in [6, 6.07) is 21.1. The monoisotopic (exact) mass is 716 g/mol. The van der Waals surface area contributed by atoms with Crippen LogP contribution in [0.1, 0.15) is 41.6 Å². The minimum atomic E-state index is 0. The van der Waals surface area contributed by atoms with Crippen LogP contribution in [0.3, 0.4) is 0 Å². The highest BCUT2D eigenvalue weighted by atomic mass is 79.9. The second-order valence-corrected chi connectivity index (χ2v) is 12.0. The Hall–Kier alpha value is -2.75. The van der Waals surface area contributed by atoms with Crippen LogP contribution in [-0.4, -0.2) is 39.6 Å². The van der Waals surface area contributed by atoms with Gasteiger partial charge in [0.05, 0.1) is 28.4 Å². The Morgan fingerprint density at radius 2 is 1.36 bits per heavy atom. The molecule has 224 valence electrons. The van der Waals surface area contributed by atoms with Gasteiger partial charge in [0, 0.05) is 34.1 Å². The number of thiazole rings is 1. The number of aryl methyl sites for hydroxylation is 1. The van der Waals surface area contributed by atoms with Crippen molar-refractivity contribution in [1.82, 2.24) is 4.57 Å². The zero-order valence-corrected chi connectivity index (χ0v) is 28.6. The van der Waals surface area contributed by atoms with Crippen molar-refractivity contribution in [1.29, 1.82) is 0 Å². The van der Waals surface area contributed by atoms with Gasteiger partial charge in [-0.25, -0.2) is 0 Å². The molecule has 0 bridgehead atoms. The molecule has 0 atom stereocenters. The topological polar surface area (TPSA) is 54.2 Å². The molecule has 42 heavy (non-hydrogen) atoms. The van der Waals surface area contributed by atoms with Crippen LogP contribution < -0.4 is 23.7 Å². The number of ether oxygens (including phenoxy) is 4. The van der Waals surface area contributed by atoms with Crippen LogP contribution in [0, 0.1) is 0 Å². The highest BCUT2D eigenvalue weighted by Gasteiger charge is 2.42. The van der Waals surface area contributed by atoms with E-state index in [0.717, 1.165) is 64.5 Å². The van der Waals surface area contributed by atoms with Gasteiger partial charge in [0.2, 0.25) is 0 Å². The predicted molar refractivity (Wildman–Crippen MR) is 178 cm³/mol. The fourth-order valence-corrected chi connectivity index (χ4v) is 6.95. The van der Waals surface area contributed by atoms with Gasteiger partial charge in [-0.3, -0.25) is 4.99 Å². The summed E-state index contributed by atoms with van der Waals surface area (Å²) in [5.41, 5.74) is 5.13. The third-order valence-corrected chi connectivity index (χ3v) is 9.49. The summed E-state index contributed by atoms with van der Waals surface area (Å²) >= 11 is 5.36. The number of hydrogen-bond acceptors (Lipinski definition) is 6. The molecular weight excluding hydrogens is 680 g/mol. The minimum Gasteiger partial charge on any atom is -0.493 e. The normalized spacial score (nSPS) is 14.1. The van der Waals surface area contributed by atoms with E-state index in [2.05, 4.69) is 68.3 Å². The first-order chi connectivity index (χ1) is 20.0. The summed E-state index contributed by atoms with van der Waals surface area (Å²) in [5.74, 6) is 2.98. The maximum Gasteiger partial charge on any atom is 0.184 e. The Morgan fingerprint density at radius 3 is 1.88 bits per heavy atom. The van der Waals surface area contributed by atoms with Crippen molar-refractivity contribution in [2.75, 3.05) is 35.0 Å². The Labute approximate surface area is 271 Å². The van der Waals surface area contributed by atoms with Crippen molar-refractivity contribution >= 4 is 44.2 Å². The Kier molecular flexibility index (Phi) is 11.2. The van der Waals surface area contributed by atoms with Crippen molar-refractivity contribution < 1.29 is 18.9 Å². The first-order valence-corrected chi connectivity index (χ1v) is 15.6. The summed E-state index contributed by atoms with van der Waals surface area (Å²) in [6.07, 6.45) is 5.21. The number of methoxy groups -OCH3 is 4. The Morgan fingerprint density at radius 1 is 0.786 bits per heavy atom. The standard InChI is InChI=1S/C33H37BrN2O4S.BrH/c1-37-27-12-6-23(20-29(27)39-3)14-18-35-32-36(19-15-24-7-13-28(38-2)30(21-24)40-4)31(22-41-32)33(16-5-17-33)25-8-10-26(34)11-9-25;/h6-13,20-22H,5,14-19H2,1-4H3;1H/b35-32+;. The molecule has 0 aliphatic heterocycles. The zero-order chi connectivity index (χ0) is 28.8. The van der Waals surface area contributed by atoms with E-state index in [4.69, 9.17) is 23.9 Å². The zero-order valence-electron chi connectivity index (χ0n) is 24.5. The van der Waals surface area contributed by atoms with Crippen LogP contribution in [0.25, 0.3) is 0 Å². The lowest BCUT2D eigenvalue weighted by Crippen LogP contribution is -2.39. The average Bonchev–Trinajstić information content (AvgIpc) is 3.38. The second-order valence-electron chi connectivity index (χ2n) is 10.3. The molecule has 9 heteroatoms. The minimum absolute atomic E-state index is 0. The van der Waals surface area contributed by atoms with Crippen LogP contribution in [0.4, 0.5) is 0 Å². The van der Waals surface area contributed by atoms with E-state index in [9.17, 15) is 0 Å². The number of halogens is 2. The Balaban J connectivity index is 0.00000405. The van der Waals surface area contributed by atoms with E-state index in [1.54, 1.807) is 39.8 Å². The number of hydrogen-bond donors (Lipinski definition) is 0. The number of benzene rings is 3. The average molecular weight is 719 g/mol. The molecule has 1 saturated carbocycles. The van der Waals surface area contributed by atoms with Gasteiger partial charge in [-0.05, 0) is 78.8 Å². The van der Waals surface area contributed by atoms with Crippen LogP contribution in [-0.2, 0) is 24.8 Å². The largest absolute Gasteiger partial charge is 0.493 e. The SMILES string of the molecule is Br.COc1ccc(CC/N=c2/scc(C3(c4ccc(Br)cc4)CCC3)n2CCc2ccc(OC)c(OC)c2)cc1OC. The molecule has 1 heterocycles. The van der Waals surface area contributed by atoms with Crippen molar-refractivity contribution in [2.45, 2.75) is 44.1 Å². The summed E-state index contributed by atoms with van der Waals surface area (Å²) in [6.45, 7) is 1.53. The summed E-state index contributed by atoms with van der Waals surface area (Å²) in [4.78, 5) is 6.19. The van der Waals surface area contributed by atoms with Crippen molar-refractivity contribution in [2.24, 2.45) is 4.99 Å². The second kappa shape index (κ2) is 14.6. The molecule has 4 aromatic rings. The third-order valence-electron chi connectivity index (χ3n) is 8.06. The van der Waals surface area contributed by atoms with Gasteiger partial charge in [-0.2, -0.15) is 0 Å². The van der Waals surface area contributed by atoms with Gasteiger partial charge in [0.25, 0.3) is 0 Å². The molecular formula is C33H38Br2N2O4S. The molecule has 0 unspecified atom stereocenters. The Bertz CT molecular complexity index is 1540. The first-order valence-electron chi connectivity index (χ1n) is 13.9. The van der Waals surface area contributed by atoms with Gasteiger partial charge in [-0.1, -0.05) is 46.6 Å². The van der Waals surface area contributed by atoms with Gasteiger partial charge in [0.1, 0.15) is 0 Å². The molecule has 1 aromatic heterocycles. The lowest BCUT2D eigenvalue weighted by Gasteiger charge is -2.43. The van der Waals surface area contributed by atoms with Gasteiger partial charge < -0.3 is 23.5 Å². The lowest BCUT2D eigenvalue weighted by molar-refractivity contribution is 0.282. The molecule has 1 aliphatic rings. The third kappa shape index (κ3) is 6.74. The maximum absolute atomic E-state index is 5.57. The molecule has 0 saturated heterocycles. The molecule has 0 spiro atoms. The van der Waals surface area contributed by atoms with E-state index in [-0.39, 0.29) is 22.4 Å². The van der Waals surface area contributed by atoms with Crippen molar-refractivity contribution in [3.63, 3.8) is 0 Å². The smallest absolute Gasteiger partial charge is 0.184 e. The van der Waals surface area contributed by atoms with Crippen LogP contribution in [0.5, 0.6) is 23.0 Å². The molecule has 5 rings (SSSR count). The van der Waals surface area contributed by atoms with Crippen LogP contribution in [0.2, 0.25) is 0 Å². The highest BCUT2D eigenvalue weighted by Crippen LogP contribution is 2.49. The van der Waals surface area contributed by atoms with E-state index in [0.29, 0.717) is 6.54 Å². The molecule has 0 amide bonds. The maximum atomic E-state index is 5.57. The fraction of sp³-hybridized carbons (Fsp3) is 0.364.